The molecule has 0 aliphatic heterocycles. The number of hydrogen-bond donors (Lipinski definition) is 2. The number of amides is 1. The molecule has 1 amide bonds. The molecule has 0 aliphatic carbocycles. The third-order valence-corrected chi connectivity index (χ3v) is 4.42. The van der Waals surface area contributed by atoms with Gasteiger partial charge in [0.25, 0.3) is 0 Å². The van der Waals surface area contributed by atoms with Gasteiger partial charge >= 0.3 is 0 Å². The fourth-order valence-electron chi connectivity index (χ4n) is 1.66. The Labute approximate surface area is 142 Å². The second-order valence-electron chi connectivity index (χ2n) is 5.13. The van der Waals surface area contributed by atoms with Gasteiger partial charge in [-0.25, -0.2) is 4.98 Å². The van der Waals surface area contributed by atoms with Crippen LogP contribution in [0.25, 0.3) is 0 Å². The molecule has 0 aromatic carbocycles. The summed E-state index contributed by atoms with van der Waals surface area (Å²) in [5.41, 5.74) is 6.05. The molecular formula is C13H25Cl2N3O2S. The first-order chi connectivity index (χ1) is 8.80. The van der Waals surface area contributed by atoms with E-state index >= 15 is 0 Å². The van der Waals surface area contributed by atoms with Crippen LogP contribution in [0.1, 0.15) is 35.8 Å². The van der Waals surface area contributed by atoms with Crippen LogP contribution < -0.4 is 11.1 Å². The molecule has 0 aliphatic rings. The van der Waals surface area contributed by atoms with Crippen molar-refractivity contribution in [2.45, 2.75) is 45.8 Å². The molecule has 1 rings (SSSR count). The molecule has 8 heteroatoms. The Morgan fingerprint density at radius 1 is 1.43 bits per heavy atom. The first-order valence-electron chi connectivity index (χ1n) is 6.28. The number of nitrogens with one attached hydrogen (secondary N) is 1. The van der Waals surface area contributed by atoms with Gasteiger partial charge in [0.15, 0.2) is 0 Å². The van der Waals surface area contributed by atoms with Gasteiger partial charge in [-0.3, -0.25) is 4.79 Å². The van der Waals surface area contributed by atoms with Crippen LogP contribution >= 0.6 is 36.2 Å². The molecule has 1 aromatic heterocycles. The van der Waals surface area contributed by atoms with Crippen molar-refractivity contribution in [3.8, 4) is 0 Å². The quantitative estimate of drug-likeness (QED) is 0.818. The molecule has 5 nitrogen and oxygen atoms in total. The summed E-state index contributed by atoms with van der Waals surface area (Å²) in [6.45, 7) is 8.24. The van der Waals surface area contributed by atoms with Crippen molar-refractivity contribution in [1.29, 1.82) is 0 Å². The van der Waals surface area contributed by atoms with E-state index in [1.165, 1.54) is 4.88 Å². The van der Waals surface area contributed by atoms with E-state index in [1.807, 2.05) is 27.7 Å². The minimum Gasteiger partial charge on any atom is -0.380 e. The largest absolute Gasteiger partial charge is 0.380 e. The van der Waals surface area contributed by atoms with E-state index in [1.54, 1.807) is 18.4 Å². The molecule has 1 heterocycles. The number of aryl methyl sites for hydroxylation is 2. The number of ether oxygens (including phenoxy) is 1. The van der Waals surface area contributed by atoms with Gasteiger partial charge in [-0.05, 0) is 27.7 Å². The molecule has 0 saturated heterocycles. The van der Waals surface area contributed by atoms with Crippen molar-refractivity contribution in [1.82, 2.24) is 10.3 Å². The highest BCUT2D eigenvalue weighted by Crippen LogP contribution is 2.27. The zero-order chi connectivity index (χ0) is 14.6. The first-order valence-corrected chi connectivity index (χ1v) is 7.10. The minimum atomic E-state index is -0.479. The molecule has 0 fully saturated rings. The van der Waals surface area contributed by atoms with E-state index < -0.39 is 5.54 Å². The summed E-state index contributed by atoms with van der Waals surface area (Å²) in [6.07, 6.45) is 0.0234. The first kappa shape index (κ1) is 22.9. The van der Waals surface area contributed by atoms with Crippen molar-refractivity contribution < 1.29 is 9.53 Å². The molecule has 0 saturated carbocycles. The van der Waals surface area contributed by atoms with E-state index in [0.29, 0.717) is 6.54 Å². The van der Waals surface area contributed by atoms with Crippen LogP contribution in [0.2, 0.25) is 0 Å². The van der Waals surface area contributed by atoms with E-state index in [-0.39, 0.29) is 43.2 Å². The summed E-state index contributed by atoms with van der Waals surface area (Å²) in [5, 5.41) is 3.90. The predicted molar refractivity (Wildman–Crippen MR) is 91.7 cm³/mol. The van der Waals surface area contributed by atoms with Crippen molar-refractivity contribution >= 4 is 42.1 Å². The summed E-state index contributed by atoms with van der Waals surface area (Å²) >= 11 is 1.61. The van der Waals surface area contributed by atoms with Crippen LogP contribution in [0.4, 0.5) is 0 Å². The fraction of sp³-hybridized carbons (Fsp3) is 0.692. The van der Waals surface area contributed by atoms with Gasteiger partial charge in [0.1, 0.15) is 5.01 Å². The van der Waals surface area contributed by atoms with Gasteiger partial charge in [0, 0.05) is 18.5 Å². The Hall–Kier alpha value is -0.400. The van der Waals surface area contributed by atoms with Crippen LogP contribution in [-0.2, 0) is 15.1 Å². The molecule has 1 atom stereocenters. The zero-order valence-corrected chi connectivity index (χ0v) is 15.5. The summed E-state index contributed by atoms with van der Waals surface area (Å²) in [7, 11) is 1.56. The van der Waals surface area contributed by atoms with Gasteiger partial charge in [0.05, 0.1) is 23.8 Å². The average Bonchev–Trinajstić information content (AvgIpc) is 2.67. The Bertz CT molecular complexity index is 429. The maximum absolute atomic E-state index is 12.0. The predicted octanol–water partition coefficient (Wildman–Crippen LogP) is 2.32. The van der Waals surface area contributed by atoms with Gasteiger partial charge in [-0.1, -0.05) is 0 Å². The van der Waals surface area contributed by atoms with E-state index in [9.17, 15) is 4.79 Å². The number of methoxy groups -OCH3 is 1. The molecule has 21 heavy (non-hydrogen) atoms. The number of carbonyl (C=O) groups excluding carboxylic acids is 1. The average molecular weight is 358 g/mol. The van der Waals surface area contributed by atoms with Crippen LogP contribution in [-0.4, -0.2) is 30.6 Å². The van der Waals surface area contributed by atoms with Crippen molar-refractivity contribution in [2.24, 2.45) is 5.73 Å². The molecule has 1 aromatic rings. The lowest BCUT2D eigenvalue weighted by atomic mass is 10.1. The molecule has 3 N–H and O–H groups in total. The van der Waals surface area contributed by atoms with E-state index in [4.69, 9.17) is 10.5 Å². The third kappa shape index (κ3) is 6.48. The highest BCUT2D eigenvalue weighted by molar-refractivity contribution is 7.11. The van der Waals surface area contributed by atoms with Gasteiger partial charge in [-0.2, -0.15) is 0 Å². The lowest BCUT2D eigenvalue weighted by Gasteiger charge is -2.25. The molecular weight excluding hydrogens is 333 g/mol. The second kappa shape index (κ2) is 9.58. The van der Waals surface area contributed by atoms with Crippen molar-refractivity contribution in [3.63, 3.8) is 0 Å². The number of rotatable bonds is 6. The number of aromatic nitrogens is 1. The maximum atomic E-state index is 12.0. The Morgan fingerprint density at radius 3 is 2.38 bits per heavy atom. The SMILES string of the molecule is COC(CN)CC(=O)NC(C)(C)c1nc(C)c(C)s1.Cl.Cl. The normalized spacial score (nSPS) is 12.1. The number of nitrogens with two attached hydrogens (primary N) is 1. The van der Waals surface area contributed by atoms with E-state index in [2.05, 4.69) is 10.3 Å². The van der Waals surface area contributed by atoms with Crippen LogP contribution in [0.3, 0.4) is 0 Å². The lowest BCUT2D eigenvalue weighted by molar-refractivity contribution is -0.125. The molecule has 124 valence electrons. The monoisotopic (exact) mass is 357 g/mol. The third-order valence-electron chi connectivity index (χ3n) is 3.02. The summed E-state index contributed by atoms with van der Waals surface area (Å²) in [4.78, 5) is 17.7. The Kier molecular flexibility index (Phi) is 10.4. The van der Waals surface area contributed by atoms with Crippen LogP contribution in [0.5, 0.6) is 0 Å². The molecule has 0 bridgehead atoms. The van der Waals surface area contributed by atoms with Crippen molar-refractivity contribution in [3.05, 3.63) is 15.6 Å². The highest BCUT2D eigenvalue weighted by Gasteiger charge is 2.27. The number of hydrogen-bond acceptors (Lipinski definition) is 5. The van der Waals surface area contributed by atoms with E-state index in [0.717, 1.165) is 10.7 Å². The number of nitrogens with zero attached hydrogens (tertiary/aromatic N) is 1. The lowest BCUT2D eigenvalue weighted by Crippen LogP contribution is -2.43. The van der Waals surface area contributed by atoms with Crippen LogP contribution in [0.15, 0.2) is 0 Å². The number of halogens is 2. The topological polar surface area (TPSA) is 77.2 Å². The summed E-state index contributed by atoms with van der Waals surface area (Å²) in [5.74, 6) is -0.0761. The standard InChI is InChI=1S/C13H23N3O2S.2ClH/c1-8-9(2)19-12(15-8)13(3,4)16-11(17)6-10(7-14)18-5;;/h10H,6-7,14H2,1-5H3,(H,16,17);2*1H. The summed E-state index contributed by atoms with van der Waals surface area (Å²) < 4.78 is 5.11. The number of carbonyl (C=O) groups is 1. The smallest absolute Gasteiger partial charge is 0.223 e. The van der Waals surface area contributed by atoms with Crippen LogP contribution in [0, 0.1) is 13.8 Å². The van der Waals surface area contributed by atoms with Gasteiger partial charge in [-0.15, -0.1) is 36.2 Å². The number of thiazole rings is 1. The Morgan fingerprint density at radius 2 is 2.00 bits per heavy atom. The molecule has 0 spiro atoms. The maximum Gasteiger partial charge on any atom is 0.223 e. The zero-order valence-electron chi connectivity index (χ0n) is 13.1. The van der Waals surface area contributed by atoms with Gasteiger partial charge in [0.2, 0.25) is 5.91 Å². The highest BCUT2D eigenvalue weighted by atomic mass is 35.5. The fourth-order valence-corrected chi connectivity index (χ4v) is 2.63. The minimum absolute atomic E-state index is 0. The van der Waals surface area contributed by atoms with Crippen molar-refractivity contribution in [2.75, 3.05) is 13.7 Å². The summed E-state index contributed by atoms with van der Waals surface area (Å²) in [6, 6.07) is 0. The second-order valence-corrected chi connectivity index (χ2v) is 6.33. The molecule has 1 unspecified atom stereocenters. The molecule has 0 radical (unpaired) electrons. The van der Waals surface area contributed by atoms with Gasteiger partial charge < -0.3 is 15.8 Å². The Balaban J connectivity index is 0.